The number of carbonyl (C=O) groups is 1. The molecule has 2 N–H and O–H groups in total. The topological polar surface area (TPSA) is 46.3 Å². The molecule has 0 unspecified atom stereocenters. The fourth-order valence-corrected chi connectivity index (χ4v) is 1.63. The monoisotopic (exact) mass is 286 g/mol. The summed E-state index contributed by atoms with van der Waals surface area (Å²) >= 11 is 0. The molecule has 110 valence electrons. The second-order valence-electron chi connectivity index (χ2n) is 4.68. The van der Waals surface area contributed by atoms with Crippen LogP contribution in [-0.2, 0) is 4.79 Å². The van der Waals surface area contributed by atoms with Crippen molar-refractivity contribution in [3.63, 3.8) is 0 Å². The van der Waals surface area contributed by atoms with Gasteiger partial charge in [0.15, 0.2) is 0 Å². The van der Waals surface area contributed by atoms with Crippen molar-refractivity contribution in [3.8, 4) is 0 Å². The standard InChI is InChI=1S/C14H17F3N2O/c1-10(2)19(9-14(15,16)17)13(20)7-6-11-4-3-5-12(18)8-11/h3-8,10H,9,18H2,1-2H3/b7-6+. The lowest BCUT2D eigenvalue weighted by Crippen LogP contribution is -2.42. The summed E-state index contributed by atoms with van der Waals surface area (Å²) in [6.45, 7) is 1.82. The summed E-state index contributed by atoms with van der Waals surface area (Å²) in [7, 11) is 0. The van der Waals surface area contributed by atoms with E-state index in [1.807, 2.05) is 0 Å². The van der Waals surface area contributed by atoms with Crippen molar-refractivity contribution in [2.75, 3.05) is 12.3 Å². The van der Waals surface area contributed by atoms with Crippen molar-refractivity contribution < 1.29 is 18.0 Å². The zero-order chi connectivity index (χ0) is 15.3. The summed E-state index contributed by atoms with van der Waals surface area (Å²) < 4.78 is 37.2. The van der Waals surface area contributed by atoms with Gasteiger partial charge in [0.05, 0.1) is 0 Å². The average Bonchev–Trinajstić information content (AvgIpc) is 2.32. The molecule has 0 aromatic heterocycles. The highest BCUT2D eigenvalue weighted by atomic mass is 19.4. The van der Waals surface area contributed by atoms with Crippen LogP contribution in [0.4, 0.5) is 18.9 Å². The highest BCUT2D eigenvalue weighted by molar-refractivity contribution is 5.92. The van der Waals surface area contributed by atoms with Crippen LogP contribution in [0, 0.1) is 0 Å². The van der Waals surface area contributed by atoms with E-state index in [0.29, 0.717) is 11.3 Å². The Morgan fingerprint density at radius 1 is 1.40 bits per heavy atom. The molecule has 0 fully saturated rings. The van der Waals surface area contributed by atoms with Crippen LogP contribution in [0.3, 0.4) is 0 Å². The van der Waals surface area contributed by atoms with Gasteiger partial charge in [0.1, 0.15) is 6.54 Å². The maximum absolute atomic E-state index is 12.4. The smallest absolute Gasteiger partial charge is 0.399 e. The van der Waals surface area contributed by atoms with Crippen molar-refractivity contribution in [2.45, 2.75) is 26.1 Å². The number of nitrogen functional groups attached to an aromatic ring is 1. The molecule has 0 saturated heterocycles. The summed E-state index contributed by atoms with van der Waals surface area (Å²) in [6.07, 6.45) is -1.84. The molecule has 0 saturated carbocycles. The summed E-state index contributed by atoms with van der Waals surface area (Å²) in [5, 5.41) is 0. The maximum atomic E-state index is 12.4. The molecule has 0 radical (unpaired) electrons. The van der Waals surface area contributed by atoms with Gasteiger partial charge < -0.3 is 10.6 Å². The number of rotatable bonds is 4. The normalized spacial score (nSPS) is 12.1. The lowest BCUT2D eigenvalue weighted by molar-refractivity contribution is -0.161. The second kappa shape index (κ2) is 6.45. The van der Waals surface area contributed by atoms with E-state index in [1.165, 1.54) is 19.9 Å². The van der Waals surface area contributed by atoms with Crippen LogP contribution >= 0.6 is 0 Å². The van der Waals surface area contributed by atoms with Gasteiger partial charge in [-0.2, -0.15) is 13.2 Å². The van der Waals surface area contributed by atoms with E-state index in [2.05, 4.69) is 0 Å². The van der Waals surface area contributed by atoms with Crippen LogP contribution in [0.15, 0.2) is 30.3 Å². The minimum Gasteiger partial charge on any atom is -0.399 e. The summed E-state index contributed by atoms with van der Waals surface area (Å²) in [5.74, 6) is -0.681. The highest BCUT2D eigenvalue weighted by Gasteiger charge is 2.33. The van der Waals surface area contributed by atoms with Crippen molar-refractivity contribution in [2.24, 2.45) is 0 Å². The molecule has 0 aliphatic carbocycles. The molecule has 6 heteroatoms. The lowest BCUT2D eigenvalue weighted by Gasteiger charge is -2.26. The van der Waals surface area contributed by atoms with Crippen molar-refractivity contribution in [3.05, 3.63) is 35.9 Å². The SMILES string of the molecule is CC(C)N(CC(F)(F)F)C(=O)/C=C/c1cccc(N)c1. The Kier molecular flexibility index (Phi) is 5.19. The molecule has 20 heavy (non-hydrogen) atoms. The molecule has 1 aromatic carbocycles. The number of hydrogen-bond acceptors (Lipinski definition) is 2. The molecule has 0 atom stereocenters. The third-order valence-electron chi connectivity index (χ3n) is 2.59. The summed E-state index contributed by atoms with van der Waals surface area (Å²) in [4.78, 5) is 12.6. The maximum Gasteiger partial charge on any atom is 0.406 e. The third-order valence-corrected chi connectivity index (χ3v) is 2.59. The van der Waals surface area contributed by atoms with Gasteiger partial charge >= 0.3 is 6.18 Å². The van der Waals surface area contributed by atoms with Crippen molar-refractivity contribution in [1.82, 2.24) is 4.90 Å². The first-order valence-electron chi connectivity index (χ1n) is 6.10. The minimum atomic E-state index is -4.41. The summed E-state index contributed by atoms with van der Waals surface area (Å²) in [5.41, 5.74) is 6.76. The minimum absolute atomic E-state index is 0.524. The van der Waals surface area contributed by atoms with Crippen LogP contribution in [0.25, 0.3) is 6.08 Å². The molecular weight excluding hydrogens is 269 g/mol. The molecule has 0 heterocycles. The number of anilines is 1. The Bertz CT molecular complexity index is 495. The largest absolute Gasteiger partial charge is 0.406 e. The zero-order valence-electron chi connectivity index (χ0n) is 11.3. The first-order chi connectivity index (χ1) is 9.19. The van der Waals surface area contributed by atoms with Crippen LogP contribution in [0.1, 0.15) is 19.4 Å². The van der Waals surface area contributed by atoms with Crippen LogP contribution in [0.2, 0.25) is 0 Å². The fourth-order valence-electron chi connectivity index (χ4n) is 1.63. The average molecular weight is 286 g/mol. The number of alkyl halides is 3. The predicted octanol–water partition coefficient (Wildman–Crippen LogP) is 3.08. The highest BCUT2D eigenvalue weighted by Crippen LogP contribution is 2.18. The van der Waals surface area contributed by atoms with Gasteiger partial charge in [-0.1, -0.05) is 12.1 Å². The molecule has 0 spiro atoms. The molecule has 0 bridgehead atoms. The summed E-state index contributed by atoms with van der Waals surface area (Å²) in [6, 6.07) is 6.20. The Labute approximate surface area is 115 Å². The van der Waals surface area contributed by atoms with Crippen molar-refractivity contribution >= 4 is 17.7 Å². The Morgan fingerprint density at radius 3 is 2.55 bits per heavy atom. The van der Waals surface area contributed by atoms with Gasteiger partial charge in [-0.25, -0.2) is 0 Å². The van der Waals surface area contributed by atoms with Gasteiger partial charge in [0, 0.05) is 17.8 Å². The number of hydrogen-bond donors (Lipinski definition) is 1. The van der Waals surface area contributed by atoms with E-state index in [4.69, 9.17) is 5.73 Å². The van der Waals surface area contributed by atoms with E-state index in [-0.39, 0.29) is 0 Å². The Hall–Kier alpha value is -1.98. The van der Waals surface area contributed by atoms with E-state index < -0.39 is 24.7 Å². The number of halogens is 3. The number of nitrogens with two attached hydrogens (primary N) is 1. The molecule has 0 aliphatic rings. The van der Waals surface area contributed by atoms with E-state index in [9.17, 15) is 18.0 Å². The molecular formula is C14H17F3N2O. The van der Waals surface area contributed by atoms with E-state index in [0.717, 1.165) is 11.0 Å². The van der Waals surface area contributed by atoms with Crippen LogP contribution in [-0.4, -0.2) is 29.6 Å². The molecule has 1 aromatic rings. The van der Waals surface area contributed by atoms with Crippen molar-refractivity contribution in [1.29, 1.82) is 0 Å². The number of benzene rings is 1. The van der Waals surface area contributed by atoms with Gasteiger partial charge in [-0.3, -0.25) is 4.79 Å². The van der Waals surface area contributed by atoms with Crippen LogP contribution < -0.4 is 5.73 Å². The van der Waals surface area contributed by atoms with Crippen LogP contribution in [0.5, 0.6) is 0 Å². The van der Waals surface area contributed by atoms with Gasteiger partial charge in [-0.15, -0.1) is 0 Å². The quantitative estimate of drug-likeness (QED) is 0.683. The van der Waals surface area contributed by atoms with Gasteiger partial charge in [0.25, 0.3) is 0 Å². The molecule has 3 nitrogen and oxygen atoms in total. The first kappa shape index (κ1) is 16.1. The Balaban J connectivity index is 2.81. The number of carbonyl (C=O) groups excluding carboxylic acids is 1. The number of amides is 1. The zero-order valence-corrected chi connectivity index (χ0v) is 11.3. The molecule has 1 rings (SSSR count). The lowest BCUT2D eigenvalue weighted by atomic mass is 10.2. The Morgan fingerprint density at radius 2 is 2.05 bits per heavy atom. The van der Waals surface area contributed by atoms with Gasteiger partial charge in [-0.05, 0) is 37.6 Å². The second-order valence-corrected chi connectivity index (χ2v) is 4.68. The fraction of sp³-hybridized carbons (Fsp3) is 0.357. The molecule has 0 aliphatic heterocycles. The third kappa shape index (κ3) is 5.34. The number of nitrogens with zero attached hydrogens (tertiary/aromatic N) is 1. The predicted molar refractivity (Wildman–Crippen MR) is 72.8 cm³/mol. The van der Waals surface area contributed by atoms with Gasteiger partial charge in [0.2, 0.25) is 5.91 Å². The van der Waals surface area contributed by atoms with E-state index in [1.54, 1.807) is 24.3 Å². The van der Waals surface area contributed by atoms with E-state index >= 15 is 0 Å². The first-order valence-corrected chi connectivity index (χ1v) is 6.10. The molecule has 1 amide bonds.